The van der Waals surface area contributed by atoms with E-state index in [1.165, 1.54) is 0 Å². The van der Waals surface area contributed by atoms with E-state index in [1.807, 2.05) is 0 Å². The van der Waals surface area contributed by atoms with Gasteiger partial charge in [-0.05, 0) is 15.2 Å². The molecule has 0 radical (unpaired) electrons. The summed E-state index contributed by atoms with van der Waals surface area (Å²) in [5, 5.41) is 0. The Morgan fingerprint density at radius 3 is 1.00 bits per heavy atom. The normalized spacial score (nSPS) is 12.8. The third-order valence-electron chi connectivity index (χ3n) is 0.659. The van der Waals surface area contributed by atoms with Crippen LogP contribution in [0.3, 0.4) is 0 Å². The summed E-state index contributed by atoms with van der Waals surface area (Å²) in [6.07, 6.45) is 0. The first-order chi connectivity index (χ1) is 4.50. The van der Waals surface area contributed by atoms with Crippen LogP contribution in [0.15, 0.2) is 0 Å². The van der Waals surface area contributed by atoms with Crippen molar-refractivity contribution in [3.63, 3.8) is 0 Å². The molecule has 0 saturated heterocycles. The van der Waals surface area contributed by atoms with E-state index in [4.69, 9.17) is 0 Å². The summed E-state index contributed by atoms with van der Waals surface area (Å²) in [6, 6.07) is 0. The van der Waals surface area contributed by atoms with E-state index in [0.717, 1.165) is 0 Å². The molecule has 0 bridgehead atoms. The molecule has 0 heterocycles. The predicted octanol–water partition coefficient (Wildman–Crippen LogP) is -2.86. The summed E-state index contributed by atoms with van der Waals surface area (Å²) >= 11 is 8.96. The van der Waals surface area contributed by atoms with Crippen LogP contribution in [0, 0.1) is 0 Å². The van der Waals surface area contributed by atoms with Crippen molar-refractivity contribution in [2.24, 2.45) is 0 Å². The molecule has 0 aliphatic carbocycles. The van der Waals surface area contributed by atoms with Crippen molar-refractivity contribution in [2.75, 3.05) is 0 Å². The average Bonchev–Trinajstić information content (AvgIpc) is 1.58. The van der Waals surface area contributed by atoms with Gasteiger partial charge in [0.15, 0.2) is 3.82 Å². The first-order valence-electron chi connectivity index (χ1n) is 1.92. The minimum Gasteiger partial charge on any atom is -0.808 e. The van der Waals surface area contributed by atoms with Gasteiger partial charge in [-0.1, -0.05) is 23.2 Å². The predicted molar refractivity (Wildman–Crippen MR) is 41.2 cm³/mol. The molecule has 68 valence electrons. The molecule has 0 amide bonds. The van der Waals surface area contributed by atoms with E-state index in [-0.39, 0.29) is 46.1 Å². The molecule has 0 aliphatic rings. The van der Waals surface area contributed by atoms with Crippen LogP contribution >= 0.6 is 38.4 Å². The molecule has 12 heteroatoms. The van der Waals surface area contributed by atoms with Crippen LogP contribution in [-0.4, -0.2) is 49.9 Å². The van der Waals surface area contributed by atoms with Gasteiger partial charge in [-0.2, -0.15) is 0 Å². The Kier molecular flexibility index (Phi) is 9.95. The van der Waals surface area contributed by atoms with Gasteiger partial charge in [0, 0.05) is 0 Å². The first kappa shape index (κ1) is 20.8. The van der Waals surface area contributed by atoms with Crippen molar-refractivity contribution >= 4 is 84.5 Å². The van der Waals surface area contributed by atoms with Crippen LogP contribution in [-0.2, 0) is 9.13 Å². The van der Waals surface area contributed by atoms with E-state index in [0.29, 0.717) is 0 Å². The zero-order chi connectivity index (χ0) is 9.50. The maximum Gasteiger partial charge on any atom is 2.00 e. The third-order valence-corrected chi connectivity index (χ3v) is 5.93. The number of rotatable bonds is 2. The SMILES string of the molecule is O=P([O-])([O-])C(Cl)(Cl)P(=O)([O-])[O-].[Mg+2].[Mg+2]. The van der Waals surface area contributed by atoms with Gasteiger partial charge in [-0.25, -0.2) is 0 Å². The van der Waals surface area contributed by atoms with Crippen molar-refractivity contribution in [3.8, 4) is 0 Å². The molecule has 0 N–H and O–H groups in total. The molecule has 0 aromatic rings. The van der Waals surface area contributed by atoms with E-state index in [2.05, 4.69) is 23.2 Å². The van der Waals surface area contributed by atoms with Crippen LogP contribution in [0.4, 0.5) is 0 Å². The fourth-order valence-corrected chi connectivity index (χ4v) is 1.35. The van der Waals surface area contributed by atoms with Gasteiger partial charge in [0.2, 0.25) is 0 Å². The Morgan fingerprint density at radius 2 is 1.00 bits per heavy atom. The molecule has 0 aliphatic heterocycles. The van der Waals surface area contributed by atoms with E-state index >= 15 is 0 Å². The number of alkyl halides is 2. The van der Waals surface area contributed by atoms with Crippen LogP contribution in [0.2, 0.25) is 0 Å². The summed E-state index contributed by atoms with van der Waals surface area (Å²) in [5.74, 6) is 0. The molecule has 0 saturated carbocycles. The van der Waals surface area contributed by atoms with E-state index in [9.17, 15) is 28.7 Å². The van der Waals surface area contributed by atoms with Crippen molar-refractivity contribution in [1.29, 1.82) is 0 Å². The van der Waals surface area contributed by atoms with Gasteiger partial charge in [0.25, 0.3) is 0 Å². The minimum atomic E-state index is -5.85. The second-order valence-corrected chi connectivity index (χ2v) is 7.57. The molecule has 0 aromatic heterocycles. The van der Waals surface area contributed by atoms with Crippen molar-refractivity contribution in [1.82, 2.24) is 0 Å². The second kappa shape index (κ2) is 6.22. The maximum absolute atomic E-state index is 9.94. The maximum atomic E-state index is 9.94. The number of halogens is 2. The molecule has 0 aromatic carbocycles. The van der Waals surface area contributed by atoms with Gasteiger partial charge >= 0.3 is 46.1 Å². The zero-order valence-electron chi connectivity index (χ0n) is 6.01. The molecule has 0 unspecified atom stereocenters. The first-order valence-corrected chi connectivity index (χ1v) is 5.76. The van der Waals surface area contributed by atoms with E-state index < -0.39 is 19.0 Å². The standard InChI is InChI=1S/CH4Cl2O6P2.2Mg/c2-1(3,10(4,5)6)11(7,8)9;;/h(H2,4,5,6)(H2,7,8,9);;/q;2*+2/p-4. The quantitative estimate of drug-likeness (QED) is 0.306. The van der Waals surface area contributed by atoms with Crippen LogP contribution in [0.1, 0.15) is 0 Å². The smallest absolute Gasteiger partial charge is 0.808 e. The minimum absolute atomic E-state index is 0. The fourth-order valence-electron chi connectivity index (χ4n) is 0.150. The van der Waals surface area contributed by atoms with E-state index in [1.54, 1.807) is 0 Å². The Labute approximate surface area is 116 Å². The van der Waals surface area contributed by atoms with Gasteiger partial charge in [0.05, 0.1) is 0 Å². The van der Waals surface area contributed by atoms with Gasteiger partial charge in [0.1, 0.15) is 0 Å². The Bertz CT molecular complexity index is 219. The summed E-state index contributed by atoms with van der Waals surface area (Å²) in [5.41, 5.74) is 0. The van der Waals surface area contributed by atoms with Crippen molar-refractivity contribution in [3.05, 3.63) is 0 Å². The second-order valence-electron chi connectivity index (χ2n) is 1.50. The third kappa shape index (κ3) is 5.33. The average molecular weight is 289 g/mol. The van der Waals surface area contributed by atoms with Gasteiger partial charge in [-0.3, -0.25) is 0 Å². The monoisotopic (exact) mass is 288 g/mol. The summed E-state index contributed by atoms with van der Waals surface area (Å²) in [4.78, 5) is 39.7. The summed E-state index contributed by atoms with van der Waals surface area (Å²) < 4.78 is 16.1. The molecule has 13 heavy (non-hydrogen) atoms. The topological polar surface area (TPSA) is 126 Å². The number of hydrogen-bond donors (Lipinski definition) is 0. The fraction of sp³-hybridized carbons (Fsp3) is 1.00. The van der Waals surface area contributed by atoms with Crippen LogP contribution in [0.25, 0.3) is 0 Å². The number of hydrogen-bond acceptors (Lipinski definition) is 6. The summed E-state index contributed by atoms with van der Waals surface area (Å²) in [7, 11) is -11.7. The van der Waals surface area contributed by atoms with Gasteiger partial charge in [-0.15, -0.1) is 0 Å². The van der Waals surface area contributed by atoms with Crippen LogP contribution < -0.4 is 19.6 Å². The van der Waals surface area contributed by atoms with Crippen molar-refractivity contribution in [2.45, 2.75) is 3.82 Å². The largest absolute Gasteiger partial charge is 2.00 e. The molecule has 6 nitrogen and oxygen atoms in total. The zero-order valence-corrected chi connectivity index (χ0v) is 12.1. The molecular formula is CCl2Mg2O6P2. The summed E-state index contributed by atoms with van der Waals surface area (Å²) in [6.45, 7) is 0. The molecule has 0 fully saturated rings. The van der Waals surface area contributed by atoms with Gasteiger partial charge < -0.3 is 28.7 Å². The molecule has 0 rings (SSSR count). The molecule has 0 spiro atoms. The molecular weight excluding hydrogens is 289 g/mol. The van der Waals surface area contributed by atoms with Crippen LogP contribution in [0.5, 0.6) is 0 Å². The molecule has 0 atom stereocenters. The van der Waals surface area contributed by atoms with Crippen molar-refractivity contribution < 1.29 is 28.7 Å². The Hall–Kier alpha value is 2.41. The Morgan fingerprint density at radius 1 is 0.846 bits per heavy atom. The Balaban J connectivity index is -0.000000500.